The maximum absolute atomic E-state index is 10.0. The Morgan fingerprint density at radius 3 is 3.14 bits per heavy atom. The Hall–Kier alpha value is -1.92. The molecule has 0 amide bonds. The molecule has 0 aliphatic carbocycles. The molecular formula is C16H19N3O3. The summed E-state index contributed by atoms with van der Waals surface area (Å²) in [6.07, 6.45) is 1.25. The molecule has 1 aromatic heterocycles. The molecule has 1 saturated heterocycles. The van der Waals surface area contributed by atoms with E-state index in [1.165, 1.54) is 11.1 Å². The molecule has 22 heavy (non-hydrogen) atoms. The van der Waals surface area contributed by atoms with E-state index in [-0.39, 0.29) is 12.1 Å². The molecule has 0 radical (unpaired) electrons. The minimum atomic E-state index is -0.352. The Balaban J connectivity index is 1.55. The monoisotopic (exact) mass is 301 g/mol. The Labute approximate surface area is 128 Å². The molecule has 3 heterocycles. The average molecular weight is 301 g/mol. The number of ether oxygens (including phenoxy) is 1. The summed E-state index contributed by atoms with van der Waals surface area (Å²) in [6, 6.07) is 6.31. The lowest BCUT2D eigenvalue weighted by molar-refractivity contribution is 0.169. The molecular weight excluding hydrogens is 282 g/mol. The van der Waals surface area contributed by atoms with Crippen LogP contribution in [-0.4, -0.2) is 39.4 Å². The number of hydrogen-bond acceptors (Lipinski definition) is 6. The van der Waals surface area contributed by atoms with Crippen molar-refractivity contribution in [3.8, 4) is 5.75 Å². The number of fused-ring (bicyclic) bond motifs is 1. The van der Waals surface area contributed by atoms with Crippen LogP contribution in [0.4, 0.5) is 0 Å². The number of β-amino-alcohol motifs (C(OH)–C–C–N with tert-alkyl or cyclic N) is 1. The maximum Gasteiger partial charge on any atom is 0.244 e. The van der Waals surface area contributed by atoms with Crippen molar-refractivity contribution in [2.75, 3.05) is 13.2 Å². The highest BCUT2D eigenvalue weighted by atomic mass is 16.5. The number of aliphatic hydroxyl groups is 1. The van der Waals surface area contributed by atoms with E-state index in [1.54, 1.807) is 0 Å². The number of aromatic nitrogens is 2. The minimum Gasteiger partial charge on any atom is -0.493 e. The first-order valence-corrected chi connectivity index (χ1v) is 7.66. The molecule has 6 heteroatoms. The van der Waals surface area contributed by atoms with Crippen LogP contribution in [0.15, 0.2) is 22.7 Å². The number of aryl methyl sites for hydroxylation is 1. The van der Waals surface area contributed by atoms with Gasteiger partial charge in [0.05, 0.1) is 18.8 Å². The highest BCUT2D eigenvalue weighted by Gasteiger charge is 2.35. The highest BCUT2D eigenvalue weighted by molar-refractivity contribution is 5.39. The highest BCUT2D eigenvalue weighted by Crippen LogP contribution is 2.33. The molecule has 0 spiro atoms. The zero-order valence-corrected chi connectivity index (χ0v) is 12.5. The van der Waals surface area contributed by atoms with Crippen molar-refractivity contribution < 1.29 is 14.4 Å². The van der Waals surface area contributed by atoms with Gasteiger partial charge in [-0.25, -0.2) is 0 Å². The fraction of sp³-hybridized carbons (Fsp3) is 0.500. The van der Waals surface area contributed by atoms with Crippen molar-refractivity contribution in [1.29, 1.82) is 0 Å². The first kappa shape index (κ1) is 13.7. The van der Waals surface area contributed by atoms with E-state index in [4.69, 9.17) is 9.26 Å². The summed E-state index contributed by atoms with van der Waals surface area (Å²) in [6.45, 7) is 3.96. The molecule has 0 unspecified atom stereocenters. The topological polar surface area (TPSA) is 71.6 Å². The van der Waals surface area contributed by atoms with Crippen molar-refractivity contribution in [1.82, 2.24) is 15.0 Å². The second-order valence-corrected chi connectivity index (χ2v) is 6.06. The van der Waals surface area contributed by atoms with Crippen LogP contribution in [0.2, 0.25) is 0 Å². The van der Waals surface area contributed by atoms with E-state index >= 15 is 0 Å². The molecule has 1 aromatic carbocycles. The van der Waals surface area contributed by atoms with Crippen LogP contribution in [0.5, 0.6) is 5.75 Å². The standard InChI is InChI=1S/C16H19N3O3/c1-10-17-16(22-18-10)14-7-13(20)9-19(14)8-11-2-3-15-12(6-11)4-5-21-15/h2-3,6,13-14,20H,4-5,7-9H2,1H3/t13-,14+/m0/s1. The third-order valence-electron chi connectivity index (χ3n) is 4.35. The van der Waals surface area contributed by atoms with E-state index in [1.807, 2.05) is 13.0 Å². The number of benzene rings is 1. The third kappa shape index (κ3) is 2.48. The normalized spacial score (nSPS) is 24.5. The van der Waals surface area contributed by atoms with E-state index in [2.05, 4.69) is 27.2 Å². The zero-order valence-electron chi connectivity index (χ0n) is 12.5. The summed E-state index contributed by atoms with van der Waals surface area (Å²) in [7, 11) is 0. The third-order valence-corrected chi connectivity index (χ3v) is 4.35. The zero-order chi connectivity index (χ0) is 15.1. The van der Waals surface area contributed by atoms with Crippen LogP contribution in [0, 0.1) is 6.92 Å². The van der Waals surface area contributed by atoms with Crippen molar-refractivity contribution in [2.45, 2.75) is 38.5 Å². The number of likely N-dealkylation sites (tertiary alicyclic amines) is 1. The number of hydrogen-bond donors (Lipinski definition) is 1. The Morgan fingerprint density at radius 1 is 1.41 bits per heavy atom. The molecule has 1 fully saturated rings. The lowest BCUT2D eigenvalue weighted by Crippen LogP contribution is -2.24. The second kappa shape index (κ2) is 5.37. The van der Waals surface area contributed by atoms with Gasteiger partial charge in [-0.1, -0.05) is 17.3 Å². The van der Waals surface area contributed by atoms with E-state index < -0.39 is 0 Å². The molecule has 2 aromatic rings. The van der Waals surface area contributed by atoms with Gasteiger partial charge in [-0.05, 0) is 30.5 Å². The van der Waals surface area contributed by atoms with Gasteiger partial charge < -0.3 is 14.4 Å². The Kier molecular flexibility index (Phi) is 3.35. The van der Waals surface area contributed by atoms with Crippen LogP contribution >= 0.6 is 0 Å². The lowest BCUT2D eigenvalue weighted by Gasteiger charge is -2.21. The molecule has 4 rings (SSSR count). The molecule has 0 bridgehead atoms. The van der Waals surface area contributed by atoms with Gasteiger partial charge >= 0.3 is 0 Å². The van der Waals surface area contributed by atoms with Gasteiger partial charge in [0, 0.05) is 19.5 Å². The predicted molar refractivity (Wildman–Crippen MR) is 78.5 cm³/mol. The quantitative estimate of drug-likeness (QED) is 0.929. The second-order valence-electron chi connectivity index (χ2n) is 6.06. The SMILES string of the molecule is Cc1noc([C@H]2C[C@H](O)CN2Cc2ccc3c(c2)CCO3)n1. The summed E-state index contributed by atoms with van der Waals surface area (Å²) in [5.41, 5.74) is 2.49. The first-order valence-electron chi connectivity index (χ1n) is 7.66. The molecule has 6 nitrogen and oxygen atoms in total. The number of rotatable bonds is 3. The van der Waals surface area contributed by atoms with Crippen molar-refractivity contribution in [2.24, 2.45) is 0 Å². The van der Waals surface area contributed by atoms with E-state index in [0.717, 1.165) is 25.3 Å². The summed E-state index contributed by atoms with van der Waals surface area (Å²) in [5.74, 6) is 2.22. The average Bonchev–Trinajstić information content (AvgIpc) is 3.18. The van der Waals surface area contributed by atoms with Crippen LogP contribution < -0.4 is 4.74 Å². The minimum absolute atomic E-state index is 0.0132. The summed E-state index contributed by atoms with van der Waals surface area (Å²) in [4.78, 5) is 6.53. The molecule has 0 saturated carbocycles. The first-order chi connectivity index (χ1) is 10.7. The van der Waals surface area contributed by atoms with Gasteiger partial charge in [0.15, 0.2) is 5.82 Å². The Morgan fingerprint density at radius 2 is 2.32 bits per heavy atom. The molecule has 2 aliphatic rings. The molecule has 1 N–H and O–H groups in total. The van der Waals surface area contributed by atoms with Crippen molar-refractivity contribution in [3.63, 3.8) is 0 Å². The van der Waals surface area contributed by atoms with Gasteiger partial charge in [-0.3, -0.25) is 4.90 Å². The number of nitrogens with zero attached hydrogens (tertiary/aromatic N) is 3. The van der Waals surface area contributed by atoms with E-state index in [9.17, 15) is 5.11 Å². The van der Waals surface area contributed by atoms with Crippen LogP contribution in [0.1, 0.15) is 35.3 Å². The molecule has 116 valence electrons. The smallest absolute Gasteiger partial charge is 0.244 e. The summed E-state index contributed by atoms with van der Waals surface area (Å²) in [5, 5.41) is 13.9. The molecule has 2 atom stereocenters. The largest absolute Gasteiger partial charge is 0.493 e. The van der Waals surface area contributed by atoms with Crippen LogP contribution in [0.3, 0.4) is 0 Å². The van der Waals surface area contributed by atoms with E-state index in [0.29, 0.717) is 24.7 Å². The summed E-state index contributed by atoms with van der Waals surface area (Å²) >= 11 is 0. The van der Waals surface area contributed by atoms with Gasteiger partial charge in [0.2, 0.25) is 5.89 Å². The fourth-order valence-electron chi connectivity index (χ4n) is 3.33. The predicted octanol–water partition coefficient (Wildman–Crippen LogP) is 1.62. The lowest BCUT2D eigenvalue weighted by atomic mass is 10.1. The van der Waals surface area contributed by atoms with Gasteiger partial charge in [-0.15, -0.1) is 0 Å². The van der Waals surface area contributed by atoms with Gasteiger partial charge in [0.1, 0.15) is 5.75 Å². The van der Waals surface area contributed by atoms with Crippen LogP contribution in [0.25, 0.3) is 0 Å². The summed E-state index contributed by atoms with van der Waals surface area (Å²) < 4.78 is 10.9. The fourth-order valence-corrected chi connectivity index (χ4v) is 3.33. The van der Waals surface area contributed by atoms with Crippen molar-refractivity contribution in [3.05, 3.63) is 41.0 Å². The maximum atomic E-state index is 10.0. The number of aliphatic hydroxyl groups excluding tert-OH is 1. The van der Waals surface area contributed by atoms with Gasteiger partial charge in [0.25, 0.3) is 0 Å². The molecule has 2 aliphatic heterocycles. The van der Waals surface area contributed by atoms with Gasteiger partial charge in [-0.2, -0.15) is 4.98 Å². The van der Waals surface area contributed by atoms with Crippen molar-refractivity contribution >= 4 is 0 Å². The Bertz CT molecular complexity index is 685. The van der Waals surface area contributed by atoms with Crippen LogP contribution in [-0.2, 0) is 13.0 Å².